The van der Waals surface area contributed by atoms with Crippen LogP contribution in [0.4, 0.5) is 0 Å². The van der Waals surface area contributed by atoms with Crippen molar-refractivity contribution in [2.24, 2.45) is 52.3 Å². The molecule has 34 heavy (non-hydrogen) atoms. The Morgan fingerprint density at radius 2 is 1.71 bits per heavy atom. The van der Waals surface area contributed by atoms with Crippen LogP contribution in [0.1, 0.15) is 113 Å². The second-order valence-electron chi connectivity index (χ2n) is 13.7. The summed E-state index contributed by atoms with van der Waals surface area (Å²) < 4.78 is 5.56. The molecule has 0 unspecified atom stereocenters. The van der Waals surface area contributed by atoms with Crippen LogP contribution in [0.5, 0.6) is 0 Å². The highest BCUT2D eigenvalue weighted by Gasteiger charge is 2.70. The maximum Gasteiger partial charge on any atom is 0.302 e. The first-order valence-corrected chi connectivity index (χ1v) is 14.3. The van der Waals surface area contributed by atoms with E-state index in [9.17, 15) is 14.7 Å². The Kier molecular flexibility index (Phi) is 7.08. The minimum atomic E-state index is -1.22. The van der Waals surface area contributed by atoms with Gasteiger partial charge in [-0.1, -0.05) is 54.4 Å². The fraction of sp³-hybridized carbons (Fsp3) is 0.933. The van der Waals surface area contributed by atoms with Gasteiger partial charge in [0, 0.05) is 18.8 Å². The summed E-state index contributed by atoms with van der Waals surface area (Å²) in [6.07, 6.45) is 9.61. The van der Waals surface area contributed by atoms with Crippen molar-refractivity contribution >= 4 is 11.8 Å². The molecular formula is C30H50O4. The molecule has 4 heteroatoms. The van der Waals surface area contributed by atoms with Crippen LogP contribution in [-0.4, -0.2) is 28.6 Å². The van der Waals surface area contributed by atoms with E-state index >= 15 is 0 Å². The van der Waals surface area contributed by atoms with Gasteiger partial charge in [0.05, 0.1) is 0 Å². The highest BCUT2D eigenvalue weighted by Crippen LogP contribution is 2.69. The normalized spacial score (nSPS) is 45.8. The molecule has 4 fully saturated rings. The molecule has 0 aliphatic heterocycles. The van der Waals surface area contributed by atoms with Gasteiger partial charge in [0.1, 0.15) is 11.7 Å². The average Bonchev–Trinajstić information content (AvgIpc) is 3.09. The predicted octanol–water partition coefficient (Wildman–Crippen LogP) is 6.58. The van der Waals surface area contributed by atoms with Crippen LogP contribution in [0.15, 0.2) is 0 Å². The summed E-state index contributed by atoms with van der Waals surface area (Å²) in [7, 11) is 0. The summed E-state index contributed by atoms with van der Waals surface area (Å²) in [6, 6.07) is 0. The van der Waals surface area contributed by atoms with Gasteiger partial charge in [-0.25, -0.2) is 0 Å². The lowest BCUT2D eigenvalue weighted by Crippen LogP contribution is -2.70. The van der Waals surface area contributed by atoms with Gasteiger partial charge in [-0.15, -0.1) is 0 Å². The second kappa shape index (κ2) is 9.20. The number of hydrogen-bond acceptors (Lipinski definition) is 4. The Morgan fingerprint density at radius 1 is 1.03 bits per heavy atom. The molecule has 0 bridgehead atoms. The number of hydrogen-bond donors (Lipinski definition) is 1. The number of rotatable bonds is 6. The van der Waals surface area contributed by atoms with Crippen molar-refractivity contribution in [1.29, 1.82) is 0 Å². The molecule has 10 atom stereocenters. The van der Waals surface area contributed by atoms with Gasteiger partial charge in [0.2, 0.25) is 0 Å². The summed E-state index contributed by atoms with van der Waals surface area (Å²) >= 11 is 0. The van der Waals surface area contributed by atoms with Crippen molar-refractivity contribution in [2.75, 3.05) is 0 Å². The lowest BCUT2D eigenvalue weighted by Gasteiger charge is -2.64. The van der Waals surface area contributed by atoms with Gasteiger partial charge in [-0.3, -0.25) is 9.59 Å². The number of Topliss-reactive ketones (excluding diaryl/α,β-unsaturated/α-hetero) is 1. The quantitative estimate of drug-likeness (QED) is 0.442. The van der Waals surface area contributed by atoms with E-state index in [1.54, 1.807) is 0 Å². The van der Waals surface area contributed by atoms with Crippen LogP contribution < -0.4 is 0 Å². The largest absolute Gasteiger partial charge is 0.463 e. The van der Waals surface area contributed by atoms with E-state index in [4.69, 9.17) is 4.74 Å². The van der Waals surface area contributed by atoms with Gasteiger partial charge in [0.15, 0.2) is 5.78 Å². The standard InChI is InChI=1S/C30H50O4/c1-18(2)19(3)8-9-20(4)24-12-13-25-26-11-10-22-16-23(34-21(5)31)14-15-29(22,7)30(26,33)27(32)17-28(24,25)6/h18-20,22-26,33H,8-17H2,1-7H3/t19-,20+,22-,23+,24+,25-,26-,28+,29-,30-/m0/s1. The molecule has 4 saturated carbocycles. The van der Waals surface area contributed by atoms with Crippen molar-refractivity contribution in [3.63, 3.8) is 0 Å². The molecule has 4 rings (SSSR count). The molecule has 4 aliphatic carbocycles. The Labute approximate surface area is 208 Å². The minimum absolute atomic E-state index is 0.0204. The molecule has 0 aromatic heterocycles. The van der Waals surface area contributed by atoms with E-state index in [0.717, 1.165) is 50.4 Å². The topological polar surface area (TPSA) is 63.6 Å². The molecule has 4 aliphatic rings. The zero-order valence-electron chi connectivity index (χ0n) is 22.9. The molecule has 0 amide bonds. The number of aliphatic hydroxyl groups is 1. The number of ketones is 1. The Balaban J connectivity index is 1.54. The SMILES string of the molecule is CC(=O)O[C@@H]1CC[C@@]2(C)[C@@H](CC[C@H]3[C@@H]4CC[C@H]([C@H](C)CC[C@H](C)C(C)C)[C@@]4(C)CC(=O)[C@@]32O)C1. The number of carbonyl (C=O) groups is 2. The maximum atomic E-state index is 14.0. The van der Waals surface area contributed by atoms with Crippen LogP contribution in [-0.2, 0) is 14.3 Å². The lowest BCUT2D eigenvalue weighted by molar-refractivity contribution is -0.230. The third kappa shape index (κ3) is 3.98. The van der Waals surface area contributed by atoms with Crippen LogP contribution in [0.3, 0.4) is 0 Å². The van der Waals surface area contributed by atoms with Crippen molar-refractivity contribution in [3.05, 3.63) is 0 Å². The van der Waals surface area contributed by atoms with Crippen molar-refractivity contribution in [3.8, 4) is 0 Å². The van der Waals surface area contributed by atoms with E-state index < -0.39 is 11.0 Å². The molecule has 1 N–H and O–H groups in total. The number of esters is 1. The van der Waals surface area contributed by atoms with Gasteiger partial charge < -0.3 is 9.84 Å². The fourth-order valence-electron chi connectivity index (χ4n) is 9.36. The summed E-state index contributed by atoms with van der Waals surface area (Å²) in [4.78, 5) is 25.5. The molecule has 0 saturated heterocycles. The van der Waals surface area contributed by atoms with Gasteiger partial charge in [0.25, 0.3) is 0 Å². The first-order chi connectivity index (χ1) is 15.8. The van der Waals surface area contributed by atoms with Crippen LogP contribution in [0.2, 0.25) is 0 Å². The van der Waals surface area contributed by atoms with E-state index in [0.29, 0.717) is 24.2 Å². The number of carbonyl (C=O) groups excluding carboxylic acids is 2. The monoisotopic (exact) mass is 474 g/mol. The maximum absolute atomic E-state index is 14.0. The molecule has 0 aromatic carbocycles. The van der Waals surface area contributed by atoms with Crippen molar-refractivity contribution in [2.45, 2.75) is 124 Å². The zero-order valence-corrected chi connectivity index (χ0v) is 22.9. The van der Waals surface area contributed by atoms with Crippen LogP contribution in [0.25, 0.3) is 0 Å². The first kappa shape index (κ1) is 26.2. The smallest absolute Gasteiger partial charge is 0.302 e. The molecule has 4 nitrogen and oxygen atoms in total. The summed E-state index contributed by atoms with van der Waals surface area (Å²) in [5.41, 5.74) is -1.60. The summed E-state index contributed by atoms with van der Waals surface area (Å²) in [6.45, 7) is 15.5. The molecule has 194 valence electrons. The summed E-state index contributed by atoms with van der Waals surface area (Å²) in [5, 5.41) is 12.3. The third-order valence-corrected chi connectivity index (χ3v) is 11.8. The highest BCUT2D eigenvalue weighted by molar-refractivity contribution is 5.90. The van der Waals surface area contributed by atoms with E-state index in [1.807, 2.05) is 0 Å². The average molecular weight is 475 g/mol. The second-order valence-corrected chi connectivity index (χ2v) is 13.7. The molecule has 0 radical (unpaired) electrons. The van der Waals surface area contributed by atoms with E-state index in [1.165, 1.54) is 26.2 Å². The lowest BCUT2D eigenvalue weighted by atomic mass is 9.41. The van der Waals surface area contributed by atoms with Gasteiger partial charge in [-0.2, -0.15) is 0 Å². The van der Waals surface area contributed by atoms with Gasteiger partial charge in [-0.05, 0) is 91.8 Å². The van der Waals surface area contributed by atoms with Crippen molar-refractivity contribution in [1.82, 2.24) is 0 Å². The fourth-order valence-corrected chi connectivity index (χ4v) is 9.36. The van der Waals surface area contributed by atoms with Crippen LogP contribution in [0, 0.1) is 52.3 Å². The Bertz CT molecular complexity index is 791. The van der Waals surface area contributed by atoms with E-state index in [2.05, 4.69) is 41.5 Å². The third-order valence-electron chi connectivity index (χ3n) is 11.8. The highest BCUT2D eigenvalue weighted by atomic mass is 16.5. The Morgan fingerprint density at radius 3 is 2.35 bits per heavy atom. The Hall–Kier alpha value is -0.900. The van der Waals surface area contributed by atoms with Crippen LogP contribution >= 0.6 is 0 Å². The van der Waals surface area contributed by atoms with E-state index in [-0.39, 0.29) is 35.1 Å². The number of ether oxygens (including phenoxy) is 1. The van der Waals surface area contributed by atoms with Gasteiger partial charge >= 0.3 is 5.97 Å². The predicted molar refractivity (Wildman–Crippen MR) is 135 cm³/mol. The minimum Gasteiger partial charge on any atom is -0.463 e. The molecule has 0 aromatic rings. The molecule has 0 spiro atoms. The molecular weight excluding hydrogens is 424 g/mol. The van der Waals surface area contributed by atoms with Crippen molar-refractivity contribution < 1.29 is 19.4 Å². The zero-order chi connectivity index (χ0) is 25.1. The first-order valence-electron chi connectivity index (χ1n) is 14.3. The molecule has 0 heterocycles. The number of fused-ring (bicyclic) bond motifs is 5. The summed E-state index contributed by atoms with van der Waals surface area (Å²) in [5.74, 6) is 3.32.